The molecule has 1 aromatic heterocycles. The highest BCUT2D eigenvalue weighted by Gasteiger charge is 2.30. The number of rotatable bonds is 4. The number of aromatic nitrogens is 2. The van der Waals surface area contributed by atoms with Crippen LogP contribution in [0.15, 0.2) is 21.5 Å². The van der Waals surface area contributed by atoms with Gasteiger partial charge in [-0.25, -0.2) is 18.8 Å². The maximum Gasteiger partial charge on any atom is 0.354 e. The van der Waals surface area contributed by atoms with Gasteiger partial charge < -0.3 is 14.8 Å². The molecule has 2 aromatic rings. The molecule has 0 saturated carbocycles. The summed E-state index contributed by atoms with van der Waals surface area (Å²) in [5.41, 5.74) is 5.81. The van der Waals surface area contributed by atoms with Crippen molar-refractivity contribution in [3.63, 3.8) is 0 Å². The number of ether oxygens (including phenoxy) is 2. The molecule has 9 nitrogen and oxygen atoms in total. The average molecular weight is 460 g/mol. The van der Waals surface area contributed by atoms with Gasteiger partial charge in [-0.2, -0.15) is 5.10 Å². The summed E-state index contributed by atoms with van der Waals surface area (Å²) >= 11 is 0. The summed E-state index contributed by atoms with van der Waals surface area (Å²) in [6, 6.07) is 1.61. The van der Waals surface area contributed by atoms with Gasteiger partial charge in [0, 0.05) is 18.7 Å². The molecule has 2 aliphatic carbocycles. The van der Waals surface area contributed by atoms with Crippen molar-refractivity contribution in [3.8, 4) is 5.88 Å². The van der Waals surface area contributed by atoms with Crippen LogP contribution < -0.4 is 15.2 Å². The molecule has 1 aliphatic heterocycles. The Morgan fingerprint density at radius 3 is 3.06 bits per heavy atom. The predicted molar refractivity (Wildman–Crippen MR) is 120 cm³/mol. The largest absolute Gasteiger partial charge is 0.476 e. The highest BCUT2D eigenvalue weighted by molar-refractivity contribution is 7.91. The van der Waals surface area contributed by atoms with E-state index >= 15 is 0 Å². The second-order valence-corrected chi connectivity index (χ2v) is 10.7. The smallest absolute Gasteiger partial charge is 0.354 e. The highest BCUT2D eigenvalue weighted by Crippen LogP contribution is 2.43. The van der Waals surface area contributed by atoms with E-state index in [2.05, 4.69) is 27.8 Å². The number of nitrogens with two attached hydrogens (primary N) is 1. The molecule has 0 spiro atoms. The number of anilines is 1. The van der Waals surface area contributed by atoms with E-state index in [1.165, 1.54) is 28.5 Å². The zero-order valence-electron chi connectivity index (χ0n) is 18.4. The molecule has 3 atom stereocenters. The Morgan fingerprint density at radius 1 is 1.41 bits per heavy atom. The van der Waals surface area contributed by atoms with Gasteiger partial charge in [-0.3, -0.25) is 0 Å². The molecule has 0 saturated heterocycles. The fraction of sp³-hybridized carbons (Fsp3) is 0.545. The second kappa shape index (κ2) is 8.17. The Labute approximate surface area is 188 Å². The van der Waals surface area contributed by atoms with Crippen molar-refractivity contribution in [2.75, 3.05) is 25.6 Å². The summed E-state index contributed by atoms with van der Waals surface area (Å²) < 4.78 is 29.6. The number of carbonyl (C=O) groups excluding carboxylic acids is 1. The summed E-state index contributed by atoms with van der Waals surface area (Å²) in [5, 5.41) is 13.2. The van der Waals surface area contributed by atoms with Crippen LogP contribution in [0.25, 0.3) is 0 Å². The van der Waals surface area contributed by atoms with E-state index in [0.717, 1.165) is 37.8 Å². The van der Waals surface area contributed by atoms with Crippen LogP contribution in [-0.2, 0) is 40.5 Å². The first kappa shape index (κ1) is 21.4. The van der Waals surface area contributed by atoms with E-state index in [4.69, 9.17) is 14.6 Å². The molecule has 2 heterocycles. The minimum atomic E-state index is -3.52. The first-order valence-electron chi connectivity index (χ1n) is 11.1. The molecule has 0 bridgehead atoms. The third-order valence-electron chi connectivity index (χ3n) is 6.71. The van der Waals surface area contributed by atoms with Crippen LogP contribution in [0.5, 0.6) is 5.88 Å². The molecule has 32 heavy (non-hydrogen) atoms. The molecule has 5 rings (SSSR count). The number of hydrogen-bond donors (Lipinski definition) is 2. The van der Waals surface area contributed by atoms with Gasteiger partial charge in [-0.1, -0.05) is 13.0 Å². The standard InChI is InChI=1S/C22H29N5O4S/c1-13-6-7-17-18(13)8-15-4-3-5-16(15)20(17)25-22(28)26-32(23,29)19-9-24-27-10-14(11-30-2)12-31-21(19)27/h8-9,13-14H,3-7,10-12H2,1-2H3,(H3,23,25,26,28,29). The van der Waals surface area contributed by atoms with Crippen molar-refractivity contribution in [3.05, 3.63) is 34.5 Å². The number of methoxy groups -OCH3 is 1. The third kappa shape index (κ3) is 3.70. The van der Waals surface area contributed by atoms with E-state index in [9.17, 15) is 9.00 Å². The lowest BCUT2D eigenvalue weighted by Crippen LogP contribution is -2.29. The van der Waals surface area contributed by atoms with E-state index < -0.39 is 15.9 Å². The van der Waals surface area contributed by atoms with Crippen LogP contribution in [0.3, 0.4) is 0 Å². The summed E-state index contributed by atoms with van der Waals surface area (Å²) in [6.45, 7) is 3.71. The molecule has 2 amide bonds. The monoisotopic (exact) mass is 459 g/mol. The van der Waals surface area contributed by atoms with Crippen molar-refractivity contribution in [1.29, 1.82) is 0 Å². The number of hydrogen-bond acceptors (Lipinski definition) is 5. The van der Waals surface area contributed by atoms with Gasteiger partial charge in [0.25, 0.3) is 0 Å². The van der Waals surface area contributed by atoms with Crippen molar-refractivity contribution in [2.45, 2.75) is 56.4 Å². The maximum absolute atomic E-state index is 13.2. The molecule has 0 radical (unpaired) electrons. The minimum absolute atomic E-state index is 0.138. The van der Waals surface area contributed by atoms with Crippen molar-refractivity contribution in [1.82, 2.24) is 9.78 Å². The molecule has 3 aliphatic rings. The summed E-state index contributed by atoms with van der Waals surface area (Å²) in [6.07, 6.45) is 6.39. The molecule has 10 heteroatoms. The molecule has 3 unspecified atom stereocenters. The zero-order chi connectivity index (χ0) is 22.5. The lowest BCUT2D eigenvalue weighted by atomic mass is 9.96. The van der Waals surface area contributed by atoms with Gasteiger partial charge in [0.1, 0.15) is 4.90 Å². The quantitative estimate of drug-likeness (QED) is 0.728. The topological polar surface area (TPSA) is 121 Å². The Hall–Kier alpha value is -2.43. The Bertz CT molecular complexity index is 1200. The minimum Gasteiger partial charge on any atom is -0.476 e. The Morgan fingerprint density at radius 2 is 2.25 bits per heavy atom. The van der Waals surface area contributed by atoms with Gasteiger partial charge in [-0.15, -0.1) is 4.36 Å². The lowest BCUT2D eigenvalue weighted by Gasteiger charge is -2.24. The molecule has 0 fully saturated rings. The number of fused-ring (bicyclic) bond motifs is 3. The first-order valence-corrected chi connectivity index (χ1v) is 12.7. The number of nitrogens with zero attached hydrogens (tertiary/aromatic N) is 3. The van der Waals surface area contributed by atoms with Crippen molar-refractivity contribution >= 4 is 21.6 Å². The average Bonchev–Trinajstić information content (AvgIpc) is 3.46. The van der Waals surface area contributed by atoms with Gasteiger partial charge in [0.15, 0.2) is 9.92 Å². The predicted octanol–water partition coefficient (Wildman–Crippen LogP) is 3.01. The van der Waals surface area contributed by atoms with Crippen LogP contribution in [0, 0.1) is 5.92 Å². The SMILES string of the molecule is COCC1COc2c(S(N)(=O)=NC(=O)Nc3c4c(cc5c3CCC5C)CCC4)cnn2C1. The number of urea groups is 1. The molecule has 1 aromatic carbocycles. The highest BCUT2D eigenvalue weighted by atomic mass is 32.2. The van der Waals surface area contributed by atoms with Crippen LogP contribution >= 0.6 is 0 Å². The summed E-state index contributed by atoms with van der Waals surface area (Å²) in [7, 11) is -1.89. The number of amides is 2. The van der Waals surface area contributed by atoms with Crippen molar-refractivity contribution in [2.24, 2.45) is 15.4 Å². The van der Waals surface area contributed by atoms with Gasteiger partial charge in [0.2, 0.25) is 5.88 Å². The number of carbonyl (C=O) groups is 1. The van der Waals surface area contributed by atoms with Crippen molar-refractivity contribution < 1.29 is 18.5 Å². The van der Waals surface area contributed by atoms with Crippen LogP contribution in [0.2, 0.25) is 0 Å². The first-order chi connectivity index (χ1) is 15.4. The van der Waals surface area contributed by atoms with Crippen LogP contribution in [0.1, 0.15) is 47.9 Å². The molecular weight excluding hydrogens is 430 g/mol. The summed E-state index contributed by atoms with van der Waals surface area (Å²) in [4.78, 5) is 13.0. The van der Waals surface area contributed by atoms with E-state index in [1.54, 1.807) is 11.8 Å². The van der Waals surface area contributed by atoms with Gasteiger partial charge in [-0.05, 0) is 60.3 Å². The lowest BCUT2D eigenvalue weighted by molar-refractivity contribution is 0.0780. The van der Waals surface area contributed by atoms with E-state index in [-0.39, 0.29) is 10.8 Å². The fourth-order valence-electron chi connectivity index (χ4n) is 5.16. The normalized spacial score (nSPS) is 23.0. The third-order valence-corrected chi connectivity index (χ3v) is 8.06. The maximum atomic E-state index is 13.2. The molecule has 3 N–H and O–H groups in total. The number of aryl methyl sites for hydroxylation is 1. The van der Waals surface area contributed by atoms with E-state index in [0.29, 0.717) is 31.6 Å². The number of benzene rings is 1. The Kier molecular flexibility index (Phi) is 5.47. The number of nitrogens with one attached hydrogen (secondary N) is 1. The van der Waals surface area contributed by atoms with Crippen LogP contribution in [0.4, 0.5) is 10.5 Å². The van der Waals surface area contributed by atoms with Gasteiger partial charge in [0.05, 0.1) is 26.0 Å². The summed E-state index contributed by atoms with van der Waals surface area (Å²) in [5.74, 6) is 0.913. The van der Waals surface area contributed by atoms with E-state index in [1.807, 2.05) is 0 Å². The molecular formula is C22H29N5O4S. The van der Waals surface area contributed by atoms with Crippen LogP contribution in [-0.4, -0.2) is 40.3 Å². The fourth-order valence-corrected chi connectivity index (χ4v) is 6.16. The molecule has 172 valence electrons. The second-order valence-electron chi connectivity index (χ2n) is 8.97. The zero-order valence-corrected chi connectivity index (χ0v) is 19.2. The van der Waals surface area contributed by atoms with Gasteiger partial charge >= 0.3 is 6.03 Å². The Balaban J connectivity index is 1.43.